The van der Waals surface area contributed by atoms with Crippen molar-refractivity contribution in [3.63, 3.8) is 0 Å². The Labute approximate surface area is 122 Å². The molecular formula is C12H9ClFIOS. The number of alkyl halides is 1. The van der Waals surface area contributed by atoms with Crippen LogP contribution in [0.4, 0.5) is 4.39 Å². The highest BCUT2D eigenvalue weighted by atomic mass is 127. The number of hydrogen-bond donors (Lipinski definition) is 0. The fourth-order valence-electron chi connectivity index (χ4n) is 1.49. The van der Waals surface area contributed by atoms with E-state index in [9.17, 15) is 4.39 Å². The quantitative estimate of drug-likeness (QED) is 0.546. The van der Waals surface area contributed by atoms with Gasteiger partial charge in [-0.15, -0.1) is 22.9 Å². The van der Waals surface area contributed by atoms with Crippen molar-refractivity contribution in [1.82, 2.24) is 0 Å². The number of benzene rings is 1. The van der Waals surface area contributed by atoms with Crippen molar-refractivity contribution < 1.29 is 9.13 Å². The summed E-state index contributed by atoms with van der Waals surface area (Å²) >= 11 is 10.2. The van der Waals surface area contributed by atoms with Crippen LogP contribution in [0.25, 0.3) is 0 Å². The summed E-state index contributed by atoms with van der Waals surface area (Å²) in [6, 6.07) is 6.80. The zero-order valence-corrected chi connectivity index (χ0v) is 12.6. The van der Waals surface area contributed by atoms with E-state index < -0.39 is 0 Å². The van der Waals surface area contributed by atoms with Gasteiger partial charge in [-0.2, -0.15) is 0 Å². The molecule has 5 heteroatoms. The molecular weight excluding hydrogens is 374 g/mol. The fraction of sp³-hybridized carbons (Fsp3) is 0.167. The summed E-state index contributed by atoms with van der Waals surface area (Å²) in [6.07, 6.45) is 0. The lowest BCUT2D eigenvalue weighted by molar-refractivity contribution is 0.386. The first kappa shape index (κ1) is 13.1. The largest absolute Gasteiger partial charge is 0.494 e. The number of rotatable bonds is 3. The van der Waals surface area contributed by atoms with Gasteiger partial charge in [0.25, 0.3) is 0 Å². The van der Waals surface area contributed by atoms with Crippen LogP contribution in [0.1, 0.15) is 16.5 Å². The van der Waals surface area contributed by atoms with Crippen molar-refractivity contribution in [2.24, 2.45) is 0 Å². The molecule has 0 spiro atoms. The molecule has 0 saturated heterocycles. The Morgan fingerprint density at radius 2 is 2.12 bits per heavy atom. The summed E-state index contributed by atoms with van der Waals surface area (Å²) in [6.45, 7) is 0. The maximum absolute atomic E-state index is 13.5. The highest BCUT2D eigenvalue weighted by Gasteiger charge is 2.14. The molecule has 0 radical (unpaired) electrons. The van der Waals surface area contributed by atoms with Crippen molar-refractivity contribution in [2.75, 3.05) is 7.11 Å². The van der Waals surface area contributed by atoms with Gasteiger partial charge >= 0.3 is 0 Å². The summed E-state index contributed by atoms with van der Waals surface area (Å²) in [5.41, 5.74) is 1.73. The van der Waals surface area contributed by atoms with Gasteiger partial charge in [0.1, 0.15) is 0 Å². The minimum Gasteiger partial charge on any atom is -0.494 e. The Kier molecular flexibility index (Phi) is 4.27. The van der Waals surface area contributed by atoms with Crippen molar-refractivity contribution in [1.29, 1.82) is 0 Å². The molecule has 0 bridgehead atoms. The maximum atomic E-state index is 13.5. The molecule has 90 valence electrons. The molecule has 0 saturated carbocycles. The minimum atomic E-state index is -0.388. The van der Waals surface area contributed by atoms with Crippen LogP contribution >= 0.6 is 45.5 Å². The SMILES string of the molecule is COc1ccc(C(Cl)c2csc(I)c2)cc1F. The molecule has 0 aliphatic carbocycles. The molecule has 0 N–H and O–H groups in total. The smallest absolute Gasteiger partial charge is 0.165 e. The van der Waals surface area contributed by atoms with Gasteiger partial charge in [0.15, 0.2) is 11.6 Å². The summed E-state index contributed by atoms with van der Waals surface area (Å²) in [7, 11) is 1.44. The predicted octanol–water partition coefficient (Wildman–Crippen LogP) is 4.83. The van der Waals surface area contributed by atoms with E-state index in [0.29, 0.717) is 0 Å². The van der Waals surface area contributed by atoms with E-state index in [2.05, 4.69) is 22.6 Å². The highest BCUT2D eigenvalue weighted by Crippen LogP contribution is 2.33. The number of hydrogen-bond acceptors (Lipinski definition) is 2. The van der Waals surface area contributed by atoms with Crippen LogP contribution in [0.3, 0.4) is 0 Å². The van der Waals surface area contributed by atoms with Gasteiger partial charge in [0.05, 0.1) is 15.4 Å². The lowest BCUT2D eigenvalue weighted by Gasteiger charge is -2.09. The molecule has 1 heterocycles. The van der Waals surface area contributed by atoms with Gasteiger partial charge in [-0.25, -0.2) is 4.39 Å². The van der Waals surface area contributed by atoms with Crippen LogP contribution in [0.5, 0.6) is 5.75 Å². The molecule has 17 heavy (non-hydrogen) atoms. The van der Waals surface area contributed by atoms with E-state index in [-0.39, 0.29) is 16.9 Å². The average Bonchev–Trinajstić information content (AvgIpc) is 2.75. The van der Waals surface area contributed by atoms with Crippen LogP contribution in [-0.2, 0) is 0 Å². The summed E-state index contributed by atoms with van der Waals surface area (Å²) in [5, 5.41) is 1.66. The van der Waals surface area contributed by atoms with Crippen LogP contribution in [0, 0.1) is 8.70 Å². The van der Waals surface area contributed by atoms with Crippen molar-refractivity contribution in [3.8, 4) is 5.75 Å². The Bertz CT molecular complexity index is 529. The van der Waals surface area contributed by atoms with Crippen LogP contribution in [0.2, 0.25) is 0 Å². The summed E-state index contributed by atoms with van der Waals surface area (Å²) in [4.78, 5) is 0. The summed E-state index contributed by atoms with van der Waals surface area (Å²) in [5.74, 6) is -0.155. The maximum Gasteiger partial charge on any atom is 0.165 e. The van der Waals surface area contributed by atoms with E-state index in [1.54, 1.807) is 23.5 Å². The minimum absolute atomic E-state index is 0.234. The molecule has 1 aromatic heterocycles. The molecule has 2 rings (SSSR count). The normalized spacial score (nSPS) is 12.5. The molecule has 0 aliphatic rings. The third kappa shape index (κ3) is 2.92. The summed E-state index contributed by atoms with van der Waals surface area (Å²) < 4.78 is 19.6. The lowest BCUT2D eigenvalue weighted by atomic mass is 10.1. The van der Waals surface area contributed by atoms with Crippen LogP contribution in [-0.4, -0.2) is 7.11 Å². The van der Waals surface area contributed by atoms with E-state index in [1.165, 1.54) is 13.2 Å². The molecule has 0 aliphatic heterocycles. The van der Waals surface area contributed by atoms with E-state index in [1.807, 2.05) is 11.4 Å². The van der Waals surface area contributed by atoms with Crippen molar-refractivity contribution in [2.45, 2.75) is 5.38 Å². The second-order valence-electron chi connectivity index (χ2n) is 3.44. The molecule has 1 unspecified atom stereocenters. The third-order valence-corrected chi connectivity index (χ3v) is 4.66. The second kappa shape index (κ2) is 5.54. The fourth-order valence-corrected chi connectivity index (χ4v) is 3.22. The molecule has 1 nitrogen and oxygen atoms in total. The standard InChI is InChI=1S/C12H9ClFIOS/c1-16-10-3-2-7(4-9(10)14)12(13)8-5-11(15)17-6-8/h2-6,12H,1H3. The monoisotopic (exact) mass is 382 g/mol. The second-order valence-corrected chi connectivity index (χ2v) is 6.68. The Balaban J connectivity index is 2.31. The first-order valence-electron chi connectivity index (χ1n) is 4.83. The Morgan fingerprint density at radius 3 is 2.65 bits per heavy atom. The molecule has 1 atom stereocenters. The number of methoxy groups -OCH3 is 1. The Morgan fingerprint density at radius 1 is 1.35 bits per heavy atom. The van der Waals surface area contributed by atoms with Crippen LogP contribution < -0.4 is 4.74 Å². The topological polar surface area (TPSA) is 9.23 Å². The van der Waals surface area contributed by atoms with E-state index in [4.69, 9.17) is 16.3 Å². The first-order chi connectivity index (χ1) is 8.11. The van der Waals surface area contributed by atoms with Gasteiger partial charge in [0.2, 0.25) is 0 Å². The van der Waals surface area contributed by atoms with E-state index >= 15 is 0 Å². The first-order valence-corrected chi connectivity index (χ1v) is 7.22. The molecule has 0 fully saturated rings. The van der Waals surface area contributed by atoms with E-state index in [0.717, 1.165) is 14.0 Å². The van der Waals surface area contributed by atoms with Gasteiger partial charge in [-0.1, -0.05) is 6.07 Å². The molecule has 0 amide bonds. The molecule has 1 aromatic carbocycles. The van der Waals surface area contributed by atoms with Crippen molar-refractivity contribution >= 4 is 45.5 Å². The number of halogens is 3. The van der Waals surface area contributed by atoms with Crippen LogP contribution in [0.15, 0.2) is 29.6 Å². The Hall–Kier alpha value is -0.330. The zero-order chi connectivity index (χ0) is 12.4. The lowest BCUT2D eigenvalue weighted by Crippen LogP contribution is -1.94. The van der Waals surface area contributed by atoms with Gasteiger partial charge in [-0.05, 0) is 57.3 Å². The predicted molar refractivity (Wildman–Crippen MR) is 77.7 cm³/mol. The van der Waals surface area contributed by atoms with Gasteiger partial charge < -0.3 is 4.74 Å². The van der Waals surface area contributed by atoms with Crippen molar-refractivity contribution in [3.05, 3.63) is 49.5 Å². The zero-order valence-electron chi connectivity index (χ0n) is 8.91. The average molecular weight is 383 g/mol. The molecule has 2 aromatic rings. The van der Waals surface area contributed by atoms with Gasteiger partial charge in [-0.3, -0.25) is 0 Å². The number of thiophene rings is 1. The third-order valence-electron chi connectivity index (χ3n) is 2.35. The van der Waals surface area contributed by atoms with Gasteiger partial charge in [0, 0.05) is 0 Å². The highest BCUT2D eigenvalue weighted by molar-refractivity contribution is 14.1. The number of ether oxygens (including phenoxy) is 1.